The molecule has 1 aliphatic heterocycles. The molecule has 0 unspecified atom stereocenters. The van der Waals surface area contributed by atoms with Gasteiger partial charge in [-0.1, -0.05) is 19.8 Å². The van der Waals surface area contributed by atoms with E-state index < -0.39 is 0 Å². The van der Waals surface area contributed by atoms with E-state index >= 15 is 0 Å². The Kier molecular flexibility index (Phi) is 5.48. The topological polar surface area (TPSA) is 29.5 Å². The highest BCUT2D eigenvalue weighted by molar-refractivity contribution is 14.1. The number of rotatable bonds is 4. The molecular weight excluding hydrogens is 478 g/mol. The molecule has 0 fully saturated rings. The van der Waals surface area contributed by atoms with Gasteiger partial charge in [-0.3, -0.25) is 0 Å². The molecule has 2 nitrogen and oxygen atoms in total. The molecule has 20 heavy (non-hydrogen) atoms. The van der Waals surface area contributed by atoms with Crippen molar-refractivity contribution in [2.45, 2.75) is 64.9 Å². The van der Waals surface area contributed by atoms with Crippen LogP contribution in [0.5, 0.6) is 11.5 Å². The predicted molar refractivity (Wildman–Crippen MR) is 99.8 cm³/mol. The van der Waals surface area contributed by atoms with Crippen molar-refractivity contribution in [2.24, 2.45) is 0 Å². The van der Waals surface area contributed by atoms with Crippen LogP contribution in [0.25, 0.3) is 0 Å². The molecular formula is C16H22I2O2. The van der Waals surface area contributed by atoms with Crippen molar-refractivity contribution in [2.75, 3.05) is 0 Å². The van der Waals surface area contributed by atoms with E-state index in [2.05, 4.69) is 66.0 Å². The fourth-order valence-corrected chi connectivity index (χ4v) is 4.97. The summed E-state index contributed by atoms with van der Waals surface area (Å²) in [4.78, 5) is 0. The predicted octanol–water partition coefficient (Wildman–Crippen LogP) is 5.44. The summed E-state index contributed by atoms with van der Waals surface area (Å²) in [6, 6.07) is 0. The standard InChI is InChI=1S/C16H22I2O2/c1-4-5-6-7-10-12(17)14(19)11-8-9-16(2,3)20-15(11)13(10)18/h19H,4-9H2,1-3H3. The van der Waals surface area contributed by atoms with Crippen LogP contribution in [-0.4, -0.2) is 10.7 Å². The maximum absolute atomic E-state index is 10.5. The van der Waals surface area contributed by atoms with E-state index in [1.807, 2.05) is 0 Å². The van der Waals surface area contributed by atoms with Crippen molar-refractivity contribution < 1.29 is 9.84 Å². The first-order chi connectivity index (χ1) is 9.37. The third-order valence-corrected chi connectivity index (χ3v) is 6.19. The van der Waals surface area contributed by atoms with Crippen LogP contribution in [0, 0.1) is 7.14 Å². The summed E-state index contributed by atoms with van der Waals surface area (Å²) in [5.41, 5.74) is 2.12. The van der Waals surface area contributed by atoms with Crippen LogP contribution in [0.2, 0.25) is 0 Å². The van der Waals surface area contributed by atoms with Gasteiger partial charge in [0, 0.05) is 5.56 Å². The molecule has 0 aliphatic carbocycles. The van der Waals surface area contributed by atoms with Gasteiger partial charge < -0.3 is 9.84 Å². The van der Waals surface area contributed by atoms with E-state index in [0.29, 0.717) is 5.75 Å². The summed E-state index contributed by atoms with van der Waals surface area (Å²) < 4.78 is 8.38. The molecule has 1 N–H and O–H groups in total. The van der Waals surface area contributed by atoms with E-state index in [4.69, 9.17) is 4.74 Å². The summed E-state index contributed by atoms with van der Waals surface area (Å²) in [5.74, 6) is 1.37. The normalized spacial score (nSPS) is 16.6. The Labute approximate surface area is 149 Å². The quantitative estimate of drug-likeness (QED) is 0.441. The minimum absolute atomic E-state index is 0.132. The minimum atomic E-state index is -0.132. The van der Waals surface area contributed by atoms with Gasteiger partial charge in [0.25, 0.3) is 0 Å². The summed E-state index contributed by atoms with van der Waals surface area (Å²) in [6.45, 7) is 6.46. The number of halogens is 2. The van der Waals surface area contributed by atoms with E-state index in [1.54, 1.807) is 0 Å². The lowest BCUT2D eigenvalue weighted by Crippen LogP contribution is -2.33. The maximum Gasteiger partial charge on any atom is 0.140 e. The van der Waals surface area contributed by atoms with Crippen molar-refractivity contribution in [3.63, 3.8) is 0 Å². The molecule has 0 spiro atoms. The van der Waals surface area contributed by atoms with Crippen LogP contribution in [0.4, 0.5) is 0 Å². The summed E-state index contributed by atoms with van der Waals surface area (Å²) >= 11 is 4.68. The van der Waals surface area contributed by atoms with E-state index in [1.165, 1.54) is 28.4 Å². The number of aromatic hydroxyl groups is 1. The fourth-order valence-electron chi connectivity index (χ4n) is 2.61. The van der Waals surface area contributed by atoms with E-state index in [0.717, 1.165) is 34.1 Å². The Bertz CT molecular complexity index is 510. The molecule has 4 heteroatoms. The van der Waals surface area contributed by atoms with Gasteiger partial charge in [-0.25, -0.2) is 0 Å². The Morgan fingerprint density at radius 3 is 2.55 bits per heavy atom. The van der Waals surface area contributed by atoms with Crippen LogP contribution in [0.1, 0.15) is 57.6 Å². The van der Waals surface area contributed by atoms with E-state index in [9.17, 15) is 5.11 Å². The van der Waals surface area contributed by atoms with Crippen molar-refractivity contribution >= 4 is 45.2 Å². The van der Waals surface area contributed by atoms with Crippen LogP contribution in [0.15, 0.2) is 0 Å². The van der Waals surface area contributed by atoms with Gasteiger partial charge in [-0.2, -0.15) is 0 Å². The van der Waals surface area contributed by atoms with Crippen LogP contribution >= 0.6 is 45.2 Å². The number of unbranched alkanes of at least 4 members (excludes halogenated alkanes) is 2. The highest BCUT2D eigenvalue weighted by atomic mass is 127. The number of ether oxygens (including phenoxy) is 1. The number of phenols is 1. The first-order valence-electron chi connectivity index (χ1n) is 7.28. The molecule has 0 aromatic heterocycles. The lowest BCUT2D eigenvalue weighted by Gasteiger charge is -2.34. The number of phenolic OH excluding ortho intramolecular Hbond substituents is 1. The minimum Gasteiger partial charge on any atom is -0.506 e. The van der Waals surface area contributed by atoms with Crippen LogP contribution < -0.4 is 4.74 Å². The molecule has 0 saturated heterocycles. The number of hydrogen-bond acceptors (Lipinski definition) is 2. The lowest BCUT2D eigenvalue weighted by atomic mass is 9.92. The third kappa shape index (κ3) is 3.36. The Hall–Kier alpha value is 0.280. The lowest BCUT2D eigenvalue weighted by molar-refractivity contribution is 0.0822. The van der Waals surface area contributed by atoms with Gasteiger partial charge in [0.2, 0.25) is 0 Å². The Balaban J connectivity index is 2.42. The molecule has 1 aromatic carbocycles. The molecule has 0 atom stereocenters. The van der Waals surface area contributed by atoms with Crippen molar-refractivity contribution in [1.82, 2.24) is 0 Å². The number of hydrogen-bond donors (Lipinski definition) is 1. The SMILES string of the molecule is CCCCCc1c(I)c(O)c2c(c1I)OC(C)(C)CC2. The van der Waals surface area contributed by atoms with E-state index in [-0.39, 0.29) is 5.60 Å². The average Bonchev–Trinajstić information content (AvgIpc) is 2.39. The summed E-state index contributed by atoms with van der Waals surface area (Å²) in [6.07, 6.45) is 6.49. The molecule has 0 amide bonds. The molecule has 0 bridgehead atoms. The van der Waals surface area contributed by atoms with Crippen LogP contribution in [0.3, 0.4) is 0 Å². The molecule has 0 radical (unpaired) electrons. The molecule has 2 rings (SSSR count). The van der Waals surface area contributed by atoms with Gasteiger partial charge in [0.1, 0.15) is 17.1 Å². The molecule has 1 heterocycles. The van der Waals surface area contributed by atoms with Crippen molar-refractivity contribution in [3.8, 4) is 11.5 Å². The highest BCUT2D eigenvalue weighted by Crippen LogP contribution is 2.45. The van der Waals surface area contributed by atoms with Gasteiger partial charge in [0.15, 0.2) is 0 Å². The van der Waals surface area contributed by atoms with Gasteiger partial charge in [-0.05, 0) is 90.3 Å². The number of benzene rings is 1. The molecule has 1 aromatic rings. The molecule has 0 saturated carbocycles. The number of fused-ring (bicyclic) bond motifs is 1. The Morgan fingerprint density at radius 2 is 1.90 bits per heavy atom. The first kappa shape index (κ1) is 16.6. The zero-order valence-corrected chi connectivity index (χ0v) is 16.7. The Morgan fingerprint density at radius 1 is 1.20 bits per heavy atom. The second kappa shape index (κ2) is 6.58. The third-order valence-electron chi connectivity index (χ3n) is 3.88. The van der Waals surface area contributed by atoms with Crippen molar-refractivity contribution in [1.29, 1.82) is 0 Å². The van der Waals surface area contributed by atoms with Gasteiger partial charge >= 0.3 is 0 Å². The van der Waals surface area contributed by atoms with Gasteiger partial charge in [0.05, 0.1) is 7.14 Å². The molecule has 112 valence electrons. The smallest absolute Gasteiger partial charge is 0.140 e. The first-order valence-corrected chi connectivity index (χ1v) is 9.44. The second-order valence-electron chi connectivity index (χ2n) is 6.08. The fraction of sp³-hybridized carbons (Fsp3) is 0.625. The highest BCUT2D eigenvalue weighted by Gasteiger charge is 2.32. The van der Waals surface area contributed by atoms with Crippen molar-refractivity contribution in [3.05, 3.63) is 18.3 Å². The zero-order valence-electron chi connectivity index (χ0n) is 12.4. The summed E-state index contributed by atoms with van der Waals surface area (Å²) in [5, 5.41) is 10.5. The summed E-state index contributed by atoms with van der Waals surface area (Å²) in [7, 11) is 0. The maximum atomic E-state index is 10.5. The monoisotopic (exact) mass is 500 g/mol. The molecule has 1 aliphatic rings. The average molecular weight is 500 g/mol. The second-order valence-corrected chi connectivity index (χ2v) is 8.24. The largest absolute Gasteiger partial charge is 0.506 e. The zero-order chi connectivity index (χ0) is 14.9. The van der Waals surface area contributed by atoms with Crippen LogP contribution in [-0.2, 0) is 12.8 Å². The van der Waals surface area contributed by atoms with Gasteiger partial charge in [-0.15, -0.1) is 0 Å².